The molecular weight excluding hydrogens is 459 g/mol. The van der Waals surface area contributed by atoms with Crippen LogP contribution in [0.2, 0.25) is 6.82 Å². The van der Waals surface area contributed by atoms with Crippen molar-refractivity contribution in [2.75, 3.05) is 5.32 Å². The molecule has 1 unspecified atom stereocenters. The number of carbonyl (C=O) groups is 2. The van der Waals surface area contributed by atoms with Crippen molar-refractivity contribution in [2.24, 2.45) is 0 Å². The lowest BCUT2D eigenvalue weighted by Crippen LogP contribution is -2.43. The predicted molar refractivity (Wildman–Crippen MR) is 119 cm³/mol. The molecule has 0 saturated carbocycles. The molecule has 0 spiro atoms. The highest BCUT2D eigenvalue weighted by atomic mass is 32.1. The Bertz CT molecular complexity index is 1150. The number of alkyl halides is 3. The molecule has 2 heterocycles. The quantitative estimate of drug-likeness (QED) is 0.369. The Kier molecular flexibility index (Phi) is 7.57. The predicted octanol–water partition coefficient (Wildman–Crippen LogP) is 4.52. The third-order valence-electron chi connectivity index (χ3n) is 4.70. The van der Waals surface area contributed by atoms with E-state index in [4.69, 9.17) is 0 Å². The number of carbonyl (C=O) groups excluding carboxylic acids is 2. The third kappa shape index (κ3) is 6.67. The van der Waals surface area contributed by atoms with Crippen molar-refractivity contribution in [1.82, 2.24) is 14.8 Å². The number of halogens is 4. The zero-order valence-electron chi connectivity index (χ0n) is 17.7. The molecule has 12 heteroatoms. The topological polar surface area (TPSA) is 76.0 Å². The molecule has 0 fully saturated rings. The van der Waals surface area contributed by atoms with Crippen molar-refractivity contribution in [1.29, 1.82) is 0 Å². The van der Waals surface area contributed by atoms with E-state index in [-0.39, 0.29) is 22.0 Å². The first-order valence-corrected chi connectivity index (χ1v) is 10.9. The van der Waals surface area contributed by atoms with Crippen LogP contribution in [0.5, 0.6) is 0 Å². The Hall–Kier alpha value is -3.15. The molecule has 1 radical (unpaired) electrons. The lowest BCUT2D eigenvalue weighted by molar-refractivity contribution is -0.127. The summed E-state index contributed by atoms with van der Waals surface area (Å²) in [6.07, 6.45) is -2.08. The molecule has 2 aromatic heterocycles. The molecule has 2 amide bonds. The zero-order chi connectivity index (χ0) is 24.2. The molecule has 3 aromatic rings. The second kappa shape index (κ2) is 10.2. The van der Waals surface area contributed by atoms with Crippen molar-refractivity contribution in [3.8, 4) is 11.3 Å². The largest absolute Gasteiger partial charge is 0.402 e. The fourth-order valence-electron chi connectivity index (χ4n) is 3.09. The summed E-state index contributed by atoms with van der Waals surface area (Å²) >= 11 is 1.04. The molecule has 0 bridgehead atoms. The fraction of sp³-hybridized carbons (Fsp3) is 0.286. The minimum absolute atomic E-state index is 0.170. The van der Waals surface area contributed by atoms with Crippen molar-refractivity contribution >= 4 is 35.7 Å². The average Bonchev–Trinajstić information content (AvgIpc) is 3.39. The standard InChI is InChI=1S/C21H20BF4N4O2S/c1-3-16(27-18(31)13-4-5-30(10-13)22-2)19(32)29-20-28-17(11-33-20)14-6-12(7-15(23)8-14)9-21(24,25)26/h4-8,10-11,16H,3,9H2,1-2H3,(H,27,31)(H,28,29,32). The zero-order valence-corrected chi connectivity index (χ0v) is 18.6. The van der Waals surface area contributed by atoms with E-state index in [1.165, 1.54) is 11.4 Å². The van der Waals surface area contributed by atoms with E-state index in [0.29, 0.717) is 12.0 Å². The Balaban J connectivity index is 1.69. The maximum absolute atomic E-state index is 13.8. The number of hydrogen-bond donors (Lipinski definition) is 2. The molecule has 173 valence electrons. The Morgan fingerprint density at radius 3 is 2.67 bits per heavy atom. The highest BCUT2D eigenvalue weighted by Gasteiger charge is 2.28. The van der Waals surface area contributed by atoms with E-state index in [1.54, 1.807) is 37.3 Å². The van der Waals surface area contributed by atoms with Gasteiger partial charge in [0.25, 0.3) is 5.91 Å². The molecule has 6 nitrogen and oxygen atoms in total. The van der Waals surface area contributed by atoms with Crippen LogP contribution in [-0.2, 0) is 11.2 Å². The van der Waals surface area contributed by atoms with Crippen molar-refractivity contribution < 1.29 is 27.2 Å². The van der Waals surface area contributed by atoms with Gasteiger partial charge in [-0.15, -0.1) is 11.3 Å². The van der Waals surface area contributed by atoms with Gasteiger partial charge >= 0.3 is 6.18 Å². The maximum atomic E-state index is 13.8. The number of benzene rings is 1. The summed E-state index contributed by atoms with van der Waals surface area (Å²) in [5.41, 5.74) is 0.576. The summed E-state index contributed by atoms with van der Waals surface area (Å²) < 4.78 is 53.5. The van der Waals surface area contributed by atoms with E-state index >= 15 is 0 Å². The van der Waals surface area contributed by atoms with Crippen LogP contribution in [0, 0.1) is 5.82 Å². The number of thiazole rings is 1. The Labute approximate surface area is 192 Å². The van der Waals surface area contributed by atoms with E-state index in [2.05, 4.69) is 15.6 Å². The van der Waals surface area contributed by atoms with Crippen molar-refractivity contribution in [3.05, 3.63) is 59.0 Å². The van der Waals surface area contributed by atoms with Gasteiger partial charge in [-0.05, 0) is 42.4 Å². The number of rotatable bonds is 8. The van der Waals surface area contributed by atoms with Crippen LogP contribution in [0.4, 0.5) is 22.7 Å². The molecule has 1 aromatic carbocycles. The van der Waals surface area contributed by atoms with E-state index in [9.17, 15) is 27.2 Å². The number of aromatic nitrogens is 2. The van der Waals surface area contributed by atoms with Crippen LogP contribution in [0.25, 0.3) is 11.3 Å². The first kappa shape index (κ1) is 24.5. The minimum Gasteiger partial charge on any atom is -0.402 e. The number of anilines is 1. The van der Waals surface area contributed by atoms with Gasteiger partial charge in [-0.3, -0.25) is 9.59 Å². The molecule has 33 heavy (non-hydrogen) atoms. The van der Waals surface area contributed by atoms with Crippen molar-refractivity contribution in [2.45, 2.75) is 38.8 Å². The Morgan fingerprint density at radius 1 is 1.27 bits per heavy atom. The summed E-state index contributed by atoms with van der Waals surface area (Å²) in [7, 11) is 1.77. The lowest BCUT2D eigenvalue weighted by Gasteiger charge is -2.15. The highest BCUT2D eigenvalue weighted by molar-refractivity contribution is 7.14. The summed E-state index contributed by atoms with van der Waals surface area (Å²) in [6.45, 7) is 3.55. The molecule has 1 atom stereocenters. The molecule has 2 N–H and O–H groups in total. The van der Waals surface area contributed by atoms with Gasteiger partial charge in [-0.2, -0.15) is 13.2 Å². The van der Waals surface area contributed by atoms with Gasteiger partial charge < -0.3 is 15.1 Å². The van der Waals surface area contributed by atoms with Crippen LogP contribution in [0.3, 0.4) is 0 Å². The van der Waals surface area contributed by atoms with Crippen LogP contribution in [0.1, 0.15) is 29.3 Å². The summed E-state index contributed by atoms with van der Waals surface area (Å²) in [6, 6.07) is 3.92. The highest BCUT2D eigenvalue weighted by Crippen LogP contribution is 2.29. The Morgan fingerprint density at radius 2 is 2.03 bits per heavy atom. The van der Waals surface area contributed by atoms with Gasteiger partial charge in [0.2, 0.25) is 13.3 Å². The van der Waals surface area contributed by atoms with Crippen LogP contribution in [-0.4, -0.2) is 40.9 Å². The minimum atomic E-state index is -4.47. The van der Waals surface area contributed by atoms with Gasteiger partial charge in [0.1, 0.15) is 11.9 Å². The second-order valence-corrected chi connectivity index (χ2v) is 8.07. The van der Waals surface area contributed by atoms with E-state index < -0.39 is 36.3 Å². The van der Waals surface area contributed by atoms with E-state index in [1.807, 2.05) is 6.82 Å². The molecule has 0 aliphatic rings. The average molecular weight is 479 g/mol. The summed E-state index contributed by atoms with van der Waals surface area (Å²) in [5, 5.41) is 6.93. The number of amides is 2. The van der Waals surface area contributed by atoms with Crippen LogP contribution < -0.4 is 10.6 Å². The molecule has 3 rings (SSSR count). The van der Waals surface area contributed by atoms with Crippen LogP contribution in [0.15, 0.2) is 42.0 Å². The van der Waals surface area contributed by atoms with Gasteiger partial charge in [0.05, 0.1) is 17.7 Å². The normalized spacial score (nSPS) is 12.3. The SMILES string of the molecule is C[B]n1ccc(C(=O)NC(CC)C(=O)Nc2nc(-c3cc(F)cc(CC(F)(F)F)c3)cs2)c1. The molecule has 0 aliphatic heterocycles. The second-order valence-electron chi connectivity index (χ2n) is 7.21. The third-order valence-corrected chi connectivity index (χ3v) is 5.45. The van der Waals surface area contributed by atoms with Gasteiger partial charge in [-0.25, -0.2) is 9.37 Å². The number of nitrogens with one attached hydrogen (secondary N) is 2. The number of hydrogen-bond acceptors (Lipinski definition) is 4. The van der Waals surface area contributed by atoms with Crippen molar-refractivity contribution in [3.63, 3.8) is 0 Å². The van der Waals surface area contributed by atoms with Gasteiger partial charge in [0, 0.05) is 17.1 Å². The lowest BCUT2D eigenvalue weighted by atomic mass is 10.0. The maximum Gasteiger partial charge on any atom is 0.393 e. The molecular formula is C21H20BF4N4O2S. The van der Waals surface area contributed by atoms with Gasteiger partial charge in [-0.1, -0.05) is 13.7 Å². The van der Waals surface area contributed by atoms with Crippen LogP contribution >= 0.6 is 11.3 Å². The number of nitrogens with zero attached hydrogens (tertiary/aromatic N) is 2. The molecule has 0 aliphatic carbocycles. The smallest absolute Gasteiger partial charge is 0.393 e. The summed E-state index contributed by atoms with van der Waals surface area (Å²) in [5.74, 6) is -1.71. The van der Waals surface area contributed by atoms with E-state index in [0.717, 1.165) is 23.5 Å². The first-order chi connectivity index (χ1) is 15.6. The van der Waals surface area contributed by atoms with Gasteiger partial charge in [0.15, 0.2) is 5.13 Å². The monoisotopic (exact) mass is 479 g/mol. The first-order valence-electron chi connectivity index (χ1n) is 9.98. The fourth-order valence-corrected chi connectivity index (χ4v) is 3.81. The molecule has 0 saturated heterocycles. The summed E-state index contributed by atoms with van der Waals surface area (Å²) in [4.78, 5) is 29.2.